The van der Waals surface area contributed by atoms with Crippen LogP contribution < -0.4 is 16.8 Å². The number of primary amides is 1. The van der Waals surface area contributed by atoms with Crippen LogP contribution >= 0.6 is 0 Å². The van der Waals surface area contributed by atoms with Crippen LogP contribution in [-0.2, 0) is 4.74 Å². The first kappa shape index (κ1) is 12.6. The van der Waals surface area contributed by atoms with E-state index in [0.29, 0.717) is 23.7 Å². The van der Waals surface area contributed by atoms with E-state index >= 15 is 0 Å². The van der Waals surface area contributed by atoms with Crippen LogP contribution in [0.4, 0.5) is 11.5 Å². The van der Waals surface area contributed by atoms with Crippen LogP contribution in [-0.4, -0.2) is 29.6 Å². The molecular weight excluding hydrogens is 232 g/mol. The highest BCUT2D eigenvalue weighted by Crippen LogP contribution is 2.28. The lowest BCUT2D eigenvalue weighted by Crippen LogP contribution is -2.41. The smallest absolute Gasteiger partial charge is 0.267 e. The van der Waals surface area contributed by atoms with Crippen molar-refractivity contribution < 1.29 is 9.53 Å². The van der Waals surface area contributed by atoms with E-state index in [-0.39, 0.29) is 5.69 Å². The molecule has 1 aromatic rings. The minimum atomic E-state index is -0.557. The normalized spacial score (nSPS) is 22.3. The van der Waals surface area contributed by atoms with Gasteiger partial charge in [-0.05, 0) is 31.9 Å². The van der Waals surface area contributed by atoms with Gasteiger partial charge in [0.25, 0.3) is 5.91 Å². The summed E-state index contributed by atoms with van der Waals surface area (Å²) in [4.78, 5) is 15.2. The monoisotopic (exact) mass is 250 g/mol. The Kier molecular flexibility index (Phi) is 3.66. The Hall–Kier alpha value is -1.82. The lowest BCUT2D eigenvalue weighted by molar-refractivity contribution is 0.00293. The molecule has 0 aromatic carbocycles. The van der Waals surface area contributed by atoms with Gasteiger partial charge < -0.3 is 21.5 Å². The molecule has 0 atom stereocenters. The summed E-state index contributed by atoms with van der Waals surface area (Å²) in [6, 6.07) is 3.44. The summed E-state index contributed by atoms with van der Waals surface area (Å²) < 4.78 is 5.47. The summed E-state index contributed by atoms with van der Waals surface area (Å²) in [6.07, 6.45) is 2.17. The van der Waals surface area contributed by atoms with Crippen LogP contribution in [0.5, 0.6) is 0 Å². The van der Waals surface area contributed by atoms with Gasteiger partial charge >= 0.3 is 0 Å². The van der Waals surface area contributed by atoms with Crippen LogP contribution in [0.25, 0.3) is 0 Å². The van der Waals surface area contributed by atoms with Crippen LogP contribution in [0.1, 0.15) is 30.3 Å². The number of ether oxygens (including phenoxy) is 1. The molecule has 1 amide bonds. The molecular formula is C12H18N4O2. The number of hydrogen-bond donors (Lipinski definition) is 3. The molecule has 0 unspecified atom stereocenters. The lowest BCUT2D eigenvalue weighted by atomic mass is 9.89. The summed E-state index contributed by atoms with van der Waals surface area (Å²) in [5.74, 6) is -0.0369. The van der Waals surface area contributed by atoms with E-state index in [2.05, 4.69) is 10.3 Å². The summed E-state index contributed by atoms with van der Waals surface area (Å²) >= 11 is 0. The molecule has 1 saturated carbocycles. The van der Waals surface area contributed by atoms with Gasteiger partial charge in [-0.2, -0.15) is 0 Å². The Bertz CT molecular complexity index is 444. The molecule has 0 bridgehead atoms. The van der Waals surface area contributed by atoms with Gasteiger partial charge in [0.05, 0.1) is 11.8 Å². The Morgan fingerprint density at radius 1 is 1.56 bits per heavy atom. The number of hydrogen-bond acceptors (Lipinski definition) is 5. The third-order valence-electron chi connectivity index (χ3n) is 3.02. The predicted octanol–water partition coefficient (Wildman–Crippen LogP) is 0.742. The van der Waals surface area contributed by atoms with Gasteiger partial charge in [-0.25, -0.2) is 4.98 Å². The number of nitrogen functional groups attached to an aromatic ring is 1. The number of nitrogens with zero attached hydrogens (tertiary/aromatic N) is 1. The summed E-state index contributed by atoms with van der Waals surface area (Å²) in [5.41, 5.74) is 11.7. The van der Waals surface area contributed by atoms with E-state index < -0.39 is 5.91 Å². The molecule has 98 valence electrons. The fourth-order valence-electron chi connectivity index (χ4n) is 1.97. The Morgan fingerprint density at radius 3 is 2.89 bits per heavy atom. The van der Waals surface area contributed by atoms with E-state index in [1.807, 2.05) is 6.92 Å². The molecule has 18 heavy (non-hydrogen) atoms. The van der Waals surface area contributed by atoms with Crippen molar-refractivity contribution in [3.63, 3.8) is 0 Å². The largest absolute Gasteiger partial charge is 0.396 e. The van der Waals surface area contributed by atoms with Gasteiger partial charge in [-0.3, -0.25) is 4.79 Å². The highest BCUT2D eigenvalue weighted by molar-refractivity contribution is 5.91. The highest BCUT2D eigenvalue weighted by Gasteiger charge is 2.30. The number of carbonyl (C=O) groups excluding carboxylic acids is 1. The zero-order valence-electron chi connectivity index (χ0n) is 10.3. The maximum Gasteiger partial charge on any atom is 0.267 e. The summed E-state index contributed by atoms with van der Waals surface area (Å²) in [6.45, 7) is 2.71. The molecule has 2 rings (SSSR count). The zero-order valence-corrected chi connectivity index (χ0v) is 10.3. The average Bonchev–Trinajstić information content (AvgIpc) is 2.28. The van der Waals surface area contributed by atoms with E-state index in [0.717, 1.165) is 19.4 Å². The second kappa shape index (κ2) is 5.22. The molecule has 1 fully saturated rings. The van der Waals surface area contributed by atoms with Crippen molar-refractivity contribution >= 4 is 17.4 Å². The van der Waals surface area contributed by atoms with Gasteiger partial charge in [0.1, 0.15) is 11.5 Å². The third-order valence-corrected chi connectivity index (χ3v) is 3.02. The highest BCUT2D eigenvalue weighted by atomic mass is 16.5. The van der Waals surface area contributed by atoms with Gasteiger partial charge in [0.15, 0.2) is 0 Å². The van der Waals surface area contributed by atoms with Gasteiger partial charge in [0, 0.05) is 12.6 Å². The van der Waals surface area contributed by atoms with Crippen LogP contribution in [0, 0.1) is 0 Å². The molecule has 0 saturated heterocycles. The van der Waals surface area contributed by atoms with Crippen molar-refractivity contribution in [2.75, 3.05) is 17.7 Å². The van der Waals surface area contributed by atoms with Crippen molar-refractivity contribution in [1.29, 1.82) is 0 Å². The Labute approximate surface area is 106 Å². The maximum absolute atomic E-state index is 11.0. The molecule has 6 nitrogen and oxygen atoms in total. The minimum absolute atomic E-state index is 0.215. The van der Waals surface area contributed by atoms with E-state index in [1.54, 1.807) is 6.07 Å². The fraction of sp³-hybridized carbons (Fsp3) is 0.500. The number of nitrogens with two attached hydrogens (primary N) is 2. The van der Waals surface area contributed by atoms with Gasteiger partial charge in [-0.1, -0.05) is 0 Å². The number of carbonyl (C=O) groups is 1. The van der Waals surface area contributed by atoms with Crippen LogP contribution in [0.3, 0.4) is 0 Å². The number of rotatable bonds is 5. The Morgan fingerprint density at radius 2 is 2.28 bits per heavy atom. The number of aromatic nitrogens is 1. The maximum atomic E-state index is 11.0. The average molecular weight is 250 g/mol. The first-order valence-electron chi connectivity index (χ1n) is 6.04. The number of nitrogens with one attached hydrogen (secondary N) is 1. The molecule has 1 aliphatic carbocycles. The molecule has 5 N–H and O–H groups in total. The summed E-state index contributed by atoms with van der Waals surface area (Å²) in [7, 11) is 0. The van der Waals surface area contributed by atoms with Crippen molar-refractivity contribution in [3.8, 4) is 0 Å². The number of pyridine rings is 1. The van der Waals surface area contributed by atoms with Crippen LogP contribution in [0.15, 0.2) is 12.1 Å². The first-order valence-corrected chi connectivity index (χ1v) is 6.04. The van der Waals surface area contributed by atoms with Crippen molar-refractivity contribution in [3.05, 3.63) is 17.8 Å². The minimum Gasteiger partial charge on any atom is -0.396 e. The molecule has 6 heteroatoms. The van der Waals surface area contributed by atoms with Crippen molar-refractivity contribution in [2.45, 2.75) is 31.9 Å². The molecule has 1 heterocycles. The van der Waals surface area contributed by atoms with E-state index in [4.69, 9.17) is 16.2 Å². The fourth-order valence-corrected chi connectivity index (χ4v) is 1.97. The second-order valence-electron chi connectivity index (χ2n) is 4.39. The third kappa shape index (κ3) is 2.70. The first-order chi connectivity index (χ1) is 8.60. The van der Waals surface area contributed by atoms with Crippen molar-refractivity contribution in [1.82, 2.24) is 4.98 Å². The lowest BCUT2D eigenvalue weighted by Gasteiger charge is -2.35. The van der Waals surface area contributed by atoms with Crippen LogP contribution in [0.2, 0.25) is 0 Å². The zero-order chi connectivity index (χ0) is 13.1. The van der Waals surface area contributed by atoms with Gasteiger partial charge in [0.2, 0.25) is 0 Å². The van der Waals surface area contributed by atoms with Crippen molar-refractivity contribution in [2.24, 2.45) is 5.73 Å². The second-order valence-corrected chi connectivity index (χ2v) is 4.39. The van der Waals surface area contributed by atoms with Gasteiger partial charge in [-0.15, -0.1) is 0 Å². The molecule has 0 radical (unpaired) electrons. The molecule has 0 spiro atoms. The molecule has 0 aliphatic heterocycles. The van der Waals surface area contributed by atoms with E-state index in [1.165, 1.54) is 6.07 Å². The quantitative estimate of drug-likeness (QED) is 0.715. The topological polar surface area (TPSA) is 103 Å². The standard InChI is InChI=1S/C12H18N4O2/c1-2-18-8-5-7(6-8)15-12-9(13)3-4-10(16-12)11(14)17/h3-4,7-8H,2,5-6,13H2,1H3,(H2,14,17)(H,15,16). The van der Waals surface area contributed by atoms with E-state index in [9.17, 15) is 4.79 Å². The molecule has 1 aliphatic rings. The number of anilines is 2. The number of amides is 1. The molecule has 1 aromatic heterocycles. The Balaban J connectivity index is 1.97. The SMILES string of the molecule is CCOC1CC(Nc2nc(C(N)=O)ccc2N)C1. The summed E-state index contributed by atoms with van der Waals surface area (Å²) in [5, 5.41) is 3.21. The predicted molar refractivity (Wildman–Crippen MR) is 69.2 cm³/mol.